The summed E-state index contributed by atoms with van der Waals surface area (Å²) in [5.41, 5.74) is 2.99. The highest BCUT2D eigenvalue weighted by atomic mass is 32.2. The van der Waals surface area contributed by atoms with Gasteiger partial charge in [0.2, 0.25) is 5.91 Å². The van der Waals surface area contributed by atoms with Crippen molar-refractivity contribution >= 4 is 21.6 Å². The maximum absolute atomic E-state index is 13.8. The maximum Gasteiger partial charge on any atom is 0.264 e. The van der Waals surface area contributed by atoms with Gasteiger partial charge in [0.25, 0.3) is 10.0 Å². The molecule has 1 aliphatic rings. The normalized spacial score (nSPS) is 13.6. The molecule has 1 atom stereocenters. The van der Waals surface area contributed by atoms with Crippen LogP contribution in [0.15, 0.2) is 59.5 Å². The summed E-state index contributed by atoms with van der Waals surface area (Å²) in [5, 5.41) is 2.92. The van der Waals surface area contributed by atoms with Gasteiger partial charge in [0.15, 0.2) is 11.5 Å². The number of ether oxygens (including phenoxy) is 3. The van der Waals surface area contributed by atoms with E-state index in [9.17, 15) is 17.6 Å². The maximum atomic E-state index is 13.8. The van der Waals surface area contributed by atoms with Crippen molar-refractivity contribution in [2.45, 2.75) is 44.6 Å². The Kier molecular flexibility index (Phi) is 8.34. The van der Waals surface area contributed by atoms with Crippen molar-refractivity contribution in [3.63, 3.8) is 0 Å². The van der Waals surface area contributed by atoms with Crippen LogP contribution in [0.4, 0.5) is 10.1 Å². The van der Waals surface area contributed by atoms with Gasteiger partial charge in [0, 0.05) is 6.07 Å². The number of hydrogen-bond acceptors (Lipinski definition) is 6. The highest BCUT2D eigenvalue weighted by Gasteiger charge is 2.29. The standard InChI is InChI=1S/C29H33FN2O6S/c1-18(2)24-16-25(19(3)14-27(24)36-5)20(4)31-29(33)17-32(22-8-6-21(30)7-9-22)39(34,35)23-10-11-26-28(15-23)38-13-12-37-26/h6-11,14-16,18,20H,12-13,17H2,1-5H3,(H,31,33)/t20-/m0/s1. The van der Waals surface area contributed by atoms with E-state index in [0.29, 0.717) is 24.7 Å². The number of rotatable bonds is 9. The Balaban J connectivity index is 1.63. The van der Waals surface area contributed by atoms with Crippen molar-refractivity contribution in [3.05, 3.63) is 77.1 Å². The van der Waals surface area contributed by atoms with Crippen molar-refractivity contribution in [1.29, 1.82) is 0 Å². The molecule has 0 saturated heterocycles. The second kappa shape index (κ2) is 11.5. The average molecular weight is 557 g/mol. The third-order valence-corrected chi connectivity index (χ3v) is 8.36. The fourth-order valence-corrected chi connectivity index (χ4v) is 5.98. The number of aryl methyl sites for hydroxylation is 1. The summed E-state index contributed by atoms with van der Waals surface area (Å²) in [6, 6.07) is 12.8. The molecule has 0 radical (unpaired) electrons. The van der Waals surface area contributed by atoms with E-state index >= 15 is 0 Å². The highest BCUT2D eigenvalue weighted by molar-refractivity contribution is 7.92. The minimum atomic E-state index is -4.23. The zero-order valence-corrected chi connectivity index (χ0v) is 23.5. The van der Waals surface area contributed by atoms with Gasteiger partial charge < -0.3 is 19.5 Å². The smallest absolute Gasteiger partial charge is 0.264 e. The number of nitrogens with one attached hydrogen (secondary N) is 1. The molecule has 4 rings (SSSR count). The topological polar surface area (TPSA) is 94.2 Å². The number of fused-ring (bicyclic) bond motifs is 1. The van der Waals surface area contributed by atoms with Crippen LogP contribution in [-0.4, -0.2) is 41.2 Å². The zero-order chi connectivity index (χ0) is 28.3. The lowest BCUT2D eigenvalue weighted by atomic mass is 9.93. The van der Waals surface area contributed by atoms with E-state index in [1.165, 1.54) is 30.3 Å². The Hall–Kier alpha value is -3.79. The van der Waals surface area contributed by atoms with Gasteiger partial charge in [-0.25, -0.2) is 12.8 Å². The molecule has 0 saturated carbocycles. The van der Waals surface area contributed by atoms with E-state index in [1.54, 1.807) is 7.11 Å². The molecule has 0 fully saturated rings. The van der Waals surface area contributed by atoms with Gasteiger partial charge in [-0.05, 0) is 85.0 Å². The largest absolute Gasteiger partial charge is 0.496 e. The zero-order valence-electron chi connectivity index (χ0n) is 22.7. The van der Waals surface area contributed by atoms with Crippen LogP contribution in [-0.2, 0) is 14.8 Å². The number of benzene rings is 3. The summed E-state index contributed by atoms with van der Waals surface area (Å²) < 4.78 is 58.8. The average Bonchev–Trinajstić information content (AvgIpc) is 2.91. The molecule has 1 aliphatic heterocycles. The van der Waals surface area contributed by atoms with E-state index in [2.05, 4.69) is 19.2 Å². The molecule has 0 aromatic heterocycles. The fraction of sp³-hybridized carbons (Fsp3) is 0.345. The SMILES string of the molecule is COc1cc(C)c([C@H](C)NC(=O)CN(c2ccc(F)cc2)S(=O)(=O)c2ccc3c(c2)OCCO3)cc1C(C)C. The Labute approximate surface area is 228 Å². The molecule has 0 unspecified atom stereocenters. The van der Waals surface area contributed by atoms with Crippen LogP contribution >= 0.6 is 0 Å². The molecule has 0 bridgehead atoms. The van der Waals surface area contributed by atoms with Crippen molar-refractivity contribution in [2.24, 2.45) is 0 Å². The predicted molar refractivity (Wildman–Crippen MR) is 147 cm³/mol. The number of carbonyl (C=O) groups is 1. The van der Waals surface area contributed by atoms with E-state index in [1.807, 2.05) is 26.0 Å². The van der Waals surface area contributed by atoms with Gasteiger partial charge in [-0.3, -0.25) is 9.10 Å². The van der Waals surface area contributed by atoms with Gasteiger partial charge in [0.1, 0.15) is 31.3 Å². The summed E-state index contributed by atoms with van der Waals surface area (Å²) in [6.45, 7) is 8.04. The Morgan fingerprint density at radius 2 is 1.67 bits per heavy atom. The van der Waals surface area contributed by atoms with Crippen molar-refractivity contribution in [3.8, 4) is 17.2 Å². The van der Waals surface area contributed by atoms with Crippen molar-refractivity contribution in [1.82, 2.24) is 5.32 Å². The molecular formula is C29H33FN2O6S. The van der Waals surface area contributed by atoms with Crippen LogP contribution < -0.4 is 23.8 Å². The summed E-state index contributed by atoms with van der Waals surface area (Å²) >= 11 is 0. The van der Waals surface area contributed by atoms with Gasteiger partial charge in [-0.15, -0.1) is 0 Å². The minimum Gasteiger partial charge on any atom is -0.496 e. The number of methoxy groups -OCH3 is 1. The number of amides is 1. The van der Waals surface area contributed by atoms with E-state index in [0.717, 1.165) is 38.9 Å². The second-order valence-electron chi connectivity index (χ2n) is 9.69. The number of sulfonamides is 1. The summed E-state index contributed by atoms with van der Waals surface area (Å²) in [4.78, 5) is 13.2. The van der Waals surface area contributed by atoms with Gasteiger partial charge in [0.05, 0.1) is 23.7 Å². The molecule has 1 N–H and O–H groups in total. The molecule has 1 amide bonds. The predicted octanol–water partition coefficient (Wildman–Crippen LogP) is 5.11. The van der Waals surface area contributed by atoms with E-state index in [-0.39, 0.29) is 16.5 Å². The quantitative estimate of drug-likeness (QED) is 0.394. The van der Waals surface area contributed by atoms with Crippen molar-refractivity contribution < 1.29 is 31.8 Å². The fourth-order valence-electron chi connectivity index (χ4n) is 4.54. The van der Waals surface area contributed by atoms with Gasteiger partial charge in [-0.1, -0.05) is 13.8 Å². The Morgan fingerprint density at radius 3 is 2.31 bits per heavy atom. The number of carbonyl (C=O) groups excluding carboxylic acids is 1. The molecular weight excluding hydrogens is 523 g/mol. The molecule has 3 aromatic rings. The number of hydrogen-bond donors (Lipinski definition) is 1. The van der Waals surface area contributed by atoms with Crippen LogP contribution in [0.3, 0.4) is 0 Å². The van der Waals surface area contributed by atoms with Gasteiger partial charge in [-0.2, -0.15) is 0 Å². The van der Waals surface area contributed by atoms with E-state index in [4.69, 9.17) is 14.2 Å². The lowest BCUT2D eigenvalue weighted by Crippen LogP contribution is -2.41. The van der Waals surface area contributed by atoms with Gasteiger partial charge >= 0.3 is 0 Å². The van der Waals surface area contributed by atoms with Crippen LogP contribution in [0.1, 0.15) is 49.4 Å². The summed E-state index contributed by atoms with van der Waals surface area (Å²) in [5.74, 6) is 0.676. The molecule has 208 valence electrons. The molecule has 39 heavy (non-hydrogen) atoms. The molecule has 10 heteroatoms. The van der Waals surface area contributed by atoms with Crippen LogP contribution in [0.2, 0.25) is 0 Å². The summed E-state index contributed by atoms with van der Waals surface area (Å²) in [7, 11) is -2.61. The molecule has 0 spiro atoms. The molecule has 0 aliphatic carbocycles. The first kappa shape index (κ1) is 28.2. The monoisotopic (exact) mass is 556 g/mol. The number of anilines is 1. The molecule has 3 aromatic carbocycles. The Bertz CT molecular complexity index is 1460. The lowest BCUT2D eigenvalue weighted by molar-refractivity contribution is -0.120. The van der Waals surface area contributed by atoms with Crippen LogP contribution in [0.25, 0.3) is 0 Å². The Morgan fingerprint density at radius 1 is 1.00 bits per heavy atom. The number of nitrogens with zero attached hydrogens (tertiary/aromatic N) is 1. The first-order valence-corrected chi connectivity index (χ1v) is 14.1. The van der Waals surface area contributed by atoms with E-state index < -0.39 is 34.3 Å². The molecule has 8 nitrogen and oxygen atoms in total. The minimum absolute atomic E-state index is 0.0792. The first-order valence-electron chi connectivity index (χ1n) is 12.7. The van der Waals surface area contributed by atoms with Crippen LogP contribution in [0, 0.1) is 12.7 Å². The first-order chi connectivity index (χ1) is 18.5. The third-order valence-electron chi connectivity index (χ3n) is 6.59. The third kappa shape index (κ3) is 6.11. The summed E-state index contributed by atoms with van der Waals surface area (Å²) in [6.07, 6.45) is 0. The molecule has 1 heterocycles. The number of halogens is 1. The van der Waals surface area contributed by atoms with Crippen LogP contribution in [0.5, 0.6) is 17.2 Å². The lowest BCUT2D eigenvalue weighted by Gasteiger charge is -2.26. The highest BCUT2D eigenvalue weighted by Crippen LogP contribution is 2.35. The van der Waals surface area contributed by atoms with Crippen molar-refractivity contribution in [2.75, 3.05) is 31.2 Å². The second-order valence-corrected chi connectivity index (χ2v) is 11.6.